The second kappa shape index (κ2) is 44.6. The van der Waals surface area contributed by atoms with E-state index in [0.29, 0.717) is 94.7 Å². The normalized spacial score (nSPS) is 12.1. The Labute approximate surface area is 639 Å². The molecule has 0 fully saturated rings. The Morgan fingerprint density at radius 1 is 0.213 bits per heavy atom. The van der Waals surface area contributed by atoms with Gasteiger partial charge in [0.05, 0.1) is 114 Å². The third kappa shape index (κ3) is 23.2. The topological polar surface area (TPSA) is 229 Å². The van der Waals surface area contributed by atoms with E-state index in [1.807, 2.05) is 48.5 Å². The Morgan fingerprint density at radius 2 is 0.398 bits per heavy atom. The molecule has 0 heterocycles. The second-order valence-electron chi connectivity index (χ2n) is 26.7. The molecule has 0 amide bonds. The van der Waals surface area contributed by atoms with Crippen LogP contribution in [0.1, 0.15) is 92.4 Å². The van der Waals surface area contributed by atoms with Gasteiger partial charge in [-0.2, -0.15) is 0 Å². The van der Waals surface area contributed by atoms with Crippen LogP contribution in [-0.4, -0.2) is 161 Å². The molecule has 0 radical (unpaired) electrons. The van der Waals surface area contributed by atoms with Crippen LogP contribution in [0, 0.1) is 23.7 Å². The first-order valence-corrected chi connectivity index (χ1v) is 36.8. The van der Waals surface area contributed by atoms with E-state index in [-0.39, 0.29) is 50.1 Å². The first-order chi connectivity index (χ1) is 52.6. The second-order valence-corrected chi connectivity index (χ2v) is 26.7. The largest absolute Gasteiger partial charge is 0.496 e. The standard InChI is InChI=1S/2C44H58O10/c2*1-47-37-22-29(11-15-33(37)17-13-31-24-39(49-3)43(53-7)40(25-31)50-4)20-35(10-9-19-45)36(28-46)21-30-12-16-34(38(23-30)48-2)18-14-32-26-41(51-5)44(54-8)42(27-32)52-6/h2*11-12,15-16,22-27,35-36,45-46H,9-10,13-14,17-21,28H2,1-8H3/t2*35-,36+/m10/s1. The lowest BCUT2D eigenvalue weighted by atomic mass is 9.80. The number of aliphatic hydroxyl groups is 4. The molecule has 0 aromatic heterocycles. The van der Waals surface area contributed by atoms with Gasteiger partial charge in [-0.05, 0) is 266 Å². The molecule has 20 nitrogen and oxygen atoms in total. The molecule has 0 aliphatic carbocycles. The highest BCUT2D eigenvalue weighted by Crippen LogP contribution is 2.44. The van der Waals surface area contributed by atoms with Gasteiger partial charge < -0.3 is 96.2 Å². The van der Waals surface area contributed by atoms with E-state index in [4.69, 9.17) is 75.8 Å². The molecule has 8 rings (SSSR count). The first-order valence-electron chi connectivity index (χ1n) is 36.8. The fourth-order valence-corrected chi connectivity index (χ4v) is 14.4. The van der Waals surface area contributed by atoms with Gasteiger partial charge in [0.15, 0.2) is 46.0 Å². The molecule has 0 bridgehead atoms. The molecule has 8 aromatic rings. The highest BCUT2D eigenvalue weighted by molar-refractivity contribution is 5.57. The Hall–Kier alpha value is -9.60. The third-order valence-corrected chi connectivity index (χ3v) is 20.3. The number of aliphatic hydroxyl groups excluding tert-OH is 4. The predicted molar refractivity (Wildman–Crippen MR) is 422 cm³/mol. The van der Waals surface area contributed by atoms with E-state index in [1.165, 1.54) is 0 Å². The minimum absolute atomic E-state index is 0.0166. The van der Waals surface area contributed by atoms with Crippen LogP contribution in [0.25, 0.3) is 0 Å². The van der Waals surface area contributed by atoms with Crippen molar-refractivity contribution in [2.75, 3.05) is 140 Å². The van der Waals surface area contributed by atoms with Gasteiger partial charge >= 0.3 is 0 Å². The molecule has 108 heavy (non-hydrogen) atoms. The summed E-state index contributed by atoms with van der Waals surface area (Å²) in [6, 6.07) is 41.2. The Bertz CT molecular complexity index is 3700. The summed E-state index contributed by atoms with van der Waals surface area (Å²) in [4.78, 5) is 0. The number of benzene rings is 8. The van der Waals surface area contributed by atoms with Gasteiger partial charge in [-0.15, -0.1) is 0 Å². The molecule has 0 aliphatic heterocycles. The van der Waals surface area contributed by atoms with Crippen LogP contribution in [0.3, 0.4) is 0 Å². The van der Waals surface area contributed by atoms with Crippen LogP contribution in [0.4, 0.5) is 0 Å². The van der Waals surface area contributed by atoms with Crippen LogP contribution in [0.15, 0.2) is 121 Å². The summed E-state index contributed by atoms with van der Waals surface area (Å²) >= 11 is 0. The number of ether oxygens (including phenoxy) is 16. The summed E-state index contributed by atoms with van der Waals surface area (Å²) in [5.41, 5.74) is 13.1. The summed E-state index contributed by atoms with van der Waals surface area (Å²) in [7, 11) is 26.1. The van der Waals surface area contributed by atoms with Gasteiger partial charge in [0.2, 0.25) is 23.0 Å². The molecule has 588 valence electrons. The summed E-state index contributed by atoms with van der Waals surface area (Å²) in [5, 5.41) is 40.9. The van der Waals surface area contributed by atoms with Crippen LogP contribution in [0.2, 0.25) is 0 Å². The average molecular weight is 1490 g/mol. The Balaban J connectivity index is 0.000000301. The molecule has 0 saturated carbocycles. The zero-order valence-electron chi connectivity index (χ0n) is 66.3. The van der Waals surface area contributed by atoms with E-state index < -0.39 is 0 Å². The summed E-state index contributed by atoms with van der Waals surface area (Å²) in [6.07, 6.45) is 11.8. The number of hydrogen-bond acceptors (Lipinski definition) is 20. The first kappa shape index (κ1) is 85.6. The molecule has 0 aliphatic rings. The molecule has 4 atom stereocenters. The van der Waals surface area contributed by atoms with Crippen molar-refractivity contribution in [3.63, 3.8) is 0 Å². The van der Waals surface area contributed by atoms with E-state index in [2.05, 4.69) is 72.8 Å². The van der Waals surface area contributed by atoms with Gasteiger partial charge in [-0.3, -0.25) is 0 Å². The van der Waals surface area contributed by atoms with Gasteiger partial charge in [0, 0.05) is 26.4 Å². The van der Waals surface area contributed by atoms with Crippen molar-refractivity contribution >= 4 is 0 Å². The lowest BCUT2D eigenvalue weighted by Gasteiger charge is -2.27. The minimum Gasteiger partial charge on any atom is -0.496 e. The van der Waals surface area contributed by atoms with Crippen molar-refractivity contribution in [3.8, 4) is 92.0 Å². The number of methoxy groups -OCH3 is 16. The van der Waals surface area contributed by atoms with Crippen LogP contribution < -0.4 is 75.8 Å². The van der Waals surface area contributed by atoms with Crippen molar-refractivity contribution < 1.29 is 96.2 Å². The molecular formula is C88H116O20. The quantitative estimate of drug-likeness (QED) is 0.0278. The van der Waals surface area contributed by atoms with Crippen molar-refractivity contribution in [2.45, 2.75) is 103 Å². The highest BCUT2D eigenvalue weighted by Gasteiger charge is 2.27. The van der Waals surface area contributed by atoms with Crippen LogP contribution in [-0.2, 0) is 77.0 Å². The monoisotopic (exact) mass is 1490 g/mol. The SMILES string of the molecule is COc1cc(C[C@@H](CO)[C@H](CCCO)Cc2ccc(CCc3cc(OC)c(OC)c(OC)c3)c(OC)c2)ccc1CCc1cc(OC)c(OC)c(OC)c1.COc1cc(C[C@H](CO)[C@@H](CCCO)Cc2ccc(CCc3cc(OC)c(OC)c(OC)c3)c(OC)c2)ccc1CCc1cc(OC)c(OC)c(OC)c1. The molecule has 0 spiro atoms. The number of hydrogen-bond donors (Lipinski definition) is 4. The van der Waals surface area contributed by atoms with Crippen molar-refractivity contribution in [2.24, 2.45) is 23.7 Å². The summed E-state index contributed by atoms with van der Waals surface area (Å²) < 4.78 is 89.7. The van der Waals surface area contributed by atoms with E-state index >= 15 is 0 Å². The summed E-state index contributed by atoms with van der Waals surface area (Å²) in [6.45, 7) is 0.273. The average Bonchev–Trinajstić information content (AvgIpc) is 0.836. The van der Waals surface area contributed by atoms with E-state index in [9.17, 15) is 20.4 Å². The van der Waals surface area contributed by atoms with Crippen molar-refractivity contribution in [1.29, 1.82) is 0 Å². The molecular weight excluding hydrogens is 1380 g/mol. The Kier molecular flexibility index (Phi) is 35.4. The molecule has 20 heteroatoms. The Morgan fingerprint density at radius 3 is 0.565 bits per heavy atom. The zero-order chi connectivity index (χ0) is 78.1. The highest BCUT2D eigenvalue weighted by atomic mass is 16.6. The zero-order valence-corrected chi connectivity index (χ0v) is 66.3. The maximum Gasteiger partial charge on any atom is 0.203 e. The number of aryl methyl sites for hydroxylation is 8. The van der Waals surface area contributed by atoms with Crippen LogP contribution >= 0.6 is 0 Å². The van der Waals surface area contributed by atoms with Crippen LogP contribution in [0.5, 0.6) is 92.0 Å². The molecule has 0 saturated heterocycles. The predicted octanol–water partition coefficient (Wildman–Crippen LogP) is 14.2. The third-order valence-electron chi connectivity index (χ3n) is 20.3. The molecule has 4 N–H and O–H groups in total. The minimum atomic E-state index is -0.0166. The number of rotatable bonds is 46. The van der Waals surface area contributed by atoms with Gasteiger partial charge in [0.1, 0.15) is 23.0 Å². The lowest BCUT2D eigenvalue weighted by Crippen LogP contribution is -2.24. The maximum absolute atomic E-state index is 10.7. The fourth-order valence-electron chi connectivity index (χ4n) is 14.4. The molecule has 0 unspecified atom stereocenters. The van der Waals surface area contributed by atoms with Gasteiger partial charge in [0.25, 0.3) is 0 Å². The van der Waals surface area contributed by atoms with Crippen molar-refractivity contribution in [3.05, 3.63) is 188 Å². The van der Waals surface area contributed by atoms with Gasteiger partial charge in [-0.1, -0.05) is 48.5 Å². The maximum atomic E-state index is 10.7. The van der Waals surface area contributed by atoms with E-state index in [1.54, 1.807) is 114 Å². The smallest absolute Gasteiger partial charge is 0.203 e. The summed E-state index contributed by atoms with van der Waals surface area (Å²) in [5.74, 6) is 10.8. The molecule has 8 aromatic carbocycles. The van der Waals surface area contributed by atoms with Gasteiger partial charge in [-0.25, -0.2) is 0 Å². The fraction of sp³-hybridized carbons (Fsp3) is 0.455. The van der Waals surface area contributed by atoms with E-state index in [0.717, 1.165) is 167 Å². The van der Waals surface area contributed by atoms with Crippen molar-refractivity contribution in [1.82, 2.24) is 0 Å². The lowest BCUT2D eigenvalue weighted by molar-refractivity contribution is 0.158.